The third kappa shape index (κ3) is 7.49. The minimum atomic E-state index is -0.194. The predicted molar refractivity (Wildman–Crippen MR) is 165 cm³/mol. The molecule has 2 heterocycles. The maximum absolute atomic E-state index is 12.6. The van der Waals surface area contributed by atoms with Gasteiger partial charge in [-0.15, -0.1) is 13.2 Å². The van der Waals surface area contributed by atoms with Crippen LogP contribution >= 0.6 is 0 Å². The lowest BCUT2D eigenvalue weighted by molar-refractivity contribution is 0.0632. The maximum atomic E-state index is 12.6. The van der Waals surface area contributed by atoms with Crippen LogP contribution in [0.2, 0.25) is 0 Å². The second kappa shape index (κ2) is 15.4. The van der Waals surface area contributed by atoms with Gasteiger partial charge < -0.3 is 0 Å². The molecule has 2 aromatic rings. The van der Waals surface area contributed by atoms with Crippen LogP contribution in [0.4, 0.5) is 0 Å². The molecule has 8 heteroatoms. The van der Waals surface area contributed by atoms with Gasteiger partial charge in [0.1, 0.15) is 0 Å². The molecule has 0 saturated carbocycles. The Morgan fingerprint density at radius 1 is 0.500 bits per heavy atom. The Labute approximate surface area is 249 Å². The zero-order valence-corrected chi connectivity index (χ0v) is 24.5. The molecule has 222 valence electrons. The Kier molecular flexibility index (Phi) is 11.4. The number of hydrogen-bond acceptors (Lipinski definition) is 6. The fourth-order valence-electron chi connectivity index (χ4n) is 5.77. The fraction of sp³-hybridized carbons (Fsp3) is 0.412. The lowest BCUT2D eigenvalue weighted by Crippen LogP contribution is -2.34. The van der Waals surface area contributed by atoms with Gasteiger partial charge in [0.2, 0.25) is 0 Å². The van der Waals surface area contributed by atoms with Gasteiger partial charge in [0.15, 0.2) is 0 Å². The molecule has 2 aromatic carbocycles. The average molecular weight is 571 g/mol. The molecule has 0 aliphatic carbocycles. The van der Waals surface area contributed by atoms with E-state index in [4.69, 9.17) is 0 Å². The molecule has 8 nitrogen and oxygen atoms in total. The van der Waals surface area contributed by atoms with Crippen LogP contribution < -0.4 is 0 Å². The monoisotopic (exact) mass is 570 g/mol. The minimum Gasteiger partial charge on any atom is -0.300 e. The zero-order chi connectivity index (χ0) is 29.9. The van der Waals surface area contributed by atoms with Gasteiger partial charge in [-0.3, -0.25) is 38.8 Å². The molecule has 0 radical (unpaired) electrons. The number of hydrogen-bond donors (Lipinski definition) is 0. The summed E-state index contributed by atoms with van der Waals surface area (Å²) in [6, 6.07) is 14.0. The molecule has 2 aliphatic heterocycles. The standard InChI is InChI=1S/C34H42N4O4/c1-3-19-35(23-13-25-37-31(39)27-15-7-8-16-28(27)32(37)40)21-11-5-6-12-22-36(20-4-2)24-14-26-38-33(41)29-17-9-10-18-30(29)34(38)42/h3-4,7-10,15-18H,1-2,5-6,11-14,19-26H2. The summed E-state index contributed by atoms with van der Waals surface area (Å²) in [6.45, 7) is 13.7. The summed E-state index contributed by atoms with van der Waals surface area (Å²) in [4.78, 5) is 57.8. The van der Waals surface area contributed by atoms with Gasteiger partial charge in [0, 0.05) is 39.3 Å². The van der Waals surface area contributed by atoms with Crippen molar-refractivity contribution in [2.24, 2.45) is 0 Å². The largest absolute Gasteiger partial charge is 0.300 e. The van der Waals surface area contributed by atoms with E-state index in [0.29, 0.717) is 35.3 Å². The number of imide groups is 2. The molecule has 2 aliphatic rings. The summed E-state index contributed by atoms with van der Waals surface area (Å²) >= 11 is 0. The molecule has 42 heavy (non-hydrogen) atoms. The normalized spacial score (nSPS) is 14.3. The molecule has 0 aromatic heterocycles. The molecule has 0 spiro atoms. The van der Waals surface area contributed by atoms with Gasteiger partial charge in [0.05, 0.1) is 22.3 Å². The smallest absolute Gasteiger partial charge is 0.261 e. The van der Waals surface area contributed by atoms with E-state index in [9.17, 15) is 19.2 Å². The molecular formula is C34H42N4O4. The zero-order valence-electron chi connectivity index (χ0n) is 24.5. The van der Waals surface area contributed by atoms with Crippen LogP contribution in [0.1, 0.15) is 80.0 Å². The van der Waals surface area contributed by atoms with Gasteiger partial charge in [-0.25, -0.2) is 0 Å². The van der Waals surface area contributed by atoms with Crippen LogP contribution in [0.3, 0.4) is 0 Å². The molecule has 4 rings (SSSR count). The van der Waals surface area contributed by atoms with Gasteiger partial charge in [-0.2, -0.15) is 0 Å². The Balaban J connectivity index is 1.10. The van der Waals surface area contributed by atoms with E-state index in [1.165, 1.54) is 9.80 Å². The van der Waals surface area contributed by atoms with Crippen molar-refractivity contribution in [1.82, 2.24) is 19.6 Å². The first kappa shape index (κ1) is 31.1. The minimum absolute atomic E-state index is 0.194. The number of unbranched alkanes of at least 4 members (excludes halogenated alkanes) is 3. The SMILES string of the molecule is C=CCN(CCCCCCN(CC=C)CCCN1C(=O)c2ccccc2C1=O)CCCN1C(=O)c2ccccc2C1=O. The summed E-state index contributed by atoms with van der Waals surface area (Å²) in [5.41, 5.74) is 2.00. The van der Waals surface area contributed by atoms with Crippen molar-refractivity contribution in [3.8, 4) is 0 Å². The molecule has 0 saturated heterocycles. The molecule has 0 bridgehead atoms. The lowest BCUT2D eigenvalue weighted by Gasteiger charge is -2.23. The summed E-state index contributed by atoms with van der Waals surface area (Å²) in [7, 11) is 0. The van der Waals surface area contributed by atoms with Crippen molar-refractivity contribution in [1.29, 1.82) is 0 Å². The van der Waals surface area contributed by atoms with Crippen molar-refractivity contribution in [2.75, 3.05) is 52.4 Å². The van der Waals surface area contributed by atoms with Gasteiger partial charge in [-0.05, 0) is 63.0 Å². The van der Waals surface area contributed by atoms with E-state index < -0.39 is 0 Å². The van der Waals surface area contributed by atoms with Gasteiger partial charge in [0.25, 0.3) is 23.6 Å². The third-order valence-electron chi connectivity index (χ3n) is 7.94. The van der Waals surface area contributed by atoms with Crippen LogP contribution in [0.25, 0.3) is 0 Å². The van der Waals surface area contributed by atoms with Crippen molar-refractivity contribution in [2.45, 2.75) is 38.5 Å². The number of carbonyl (C=O) groups is 4. The number of fused-ring (bicyclic) bond motifs is 2. The van der Waals surface area contributed by atoms with E-state index in [2.05, 4.69) is 23.0 Å². The van der Waals surface area contributed by atoms with Crippen LogP contribution in [0, 0.1) is 0 Å². The Bertz CT molecular complexity index is 1140. The highest BCUT2D eigenvalue weighted by Crippen LogP contribution is 2.23. The van der Waals surface area contributed by atoms with Gasteiger partial charge in [-0.1, -0.05) is 49.3 Å². The van der Waals surface area contributed by atoms with E-state index in [1.807, 2.05) is 12.2 Å². The van der Waals surface area contributed by atoms with E-state index in [-0.39, 0.29) is 23.6 Å². The summed E-state index contributed by atoms with van der Waals surface area (Å²) in [5.74, 6) is -0.778. The van der Waals surface area contributed by atoms with Crippen molar-refractivity contribution >= 4 is 23.6 Å². The summed E-state index contributed by atoms with van der Waals surface area (Å²) in [5, 5.41) is 0. The number of amides is 4. The number of carbonyl (C=O) groups excluding carboxylic acids is 4. The van der Waals surface area contributed by atoms with Gasteiger partial charge >= 0.3 is 0 Å². The van der Waals surface area contributed by atoms with Crippen molar-refractivity contribution in [3.05, 3.63) is 96.1 Å². The fourth-order valence-corrected chi connectivity index (χ4v) is 5.77. The van der Waals surface area contributed by atoms with Crippen LogP contribution in [-0.2, 0) is 0 Å². The average Bonchev–Trinajstić information content (AvgIpc) is 3.39. The highest BCUT2D eigenvalue weighted by Gasteiger charge is 2.35. The van der Waals surface area contributed by atoms with E-state index in [1.54, 1.807) is 48.5 Å². The molecule has 0 unspecified atom stereocenters. The number of benzene rings is 2. The molecule has 0 fully saturated rings. The first-order valence-electron chi connectivity index (χ1n) is 15.0. The molecule has 0 N–H and O–H groups in total. The highest BCUT2D eigenvalue weighted by molar-refractivity contribution is 6.22. The lowest BCUT2D eigenvalue weighted by atomic mass is 10.1. The van der Waals surface area contributed by atoms with E-state index in [0.717, 1.165) is 77.8 Å². The summed E-state index contributed by atoms with van der Waals surface area (Å²) < 4.78 is 0. The topological polar surface area (TPSA) is 81.2 Å². The molecular weight excluding hydrogens is 528 g/mol. The quantitative estimate of drug-likeness (QED) is 0.136. The van der Waals surface area contributed by atoms with Crippen LogP contribution in [0.15, 0.2) is 73.8 Å². The first-order valence-corrected chi connectivity index (χ1v) is 15.0. The third-order valence-corrected chi connectivity index (χ3v) is 7.94. The van der Waals surface area contributed by atoms with Crippen molar-refractivity contribution in [3.63, 3.8) is 0 Å². The second-order valence-corrected chi connectivity index (χ2v) is 10.9. The van der Waals surface area contributed by atoms with Crippen LogP contribution in [-0.4, -0.2) is 95.6 Å². The van der Waals surface area contributed by atoms with E-state index >= 15 is 0 Å². The predicted octanol–water partition coefficient (Wildman–Crippen LogP) is 4.90. The Morgan fingerprint density at radius 2 is 0.810 bits per heavy atom. The molecule has 0 atom stereocenters. The number of rotatable bonds is 19. The number of nitrogens with zero attached hydrogens (tertiary/aromatic N) is 4. The van der Waals surface area contributed by atoms with Crippen molar-refractivity contribution < 1.29 is 19.2 Å². The van der Waals surface area contributed by atoms with Crippen LogP contribution in [0.5, 0.6) is 0 Å². The second-order valence-electron chi connectivity index (χ2n) is 10.9. The highest BCUT2D eigenvalue weighted by atomic mass is 16.2. The maximum Gasteiger partial charge on any atom is 0.261 e. The Hall–Kier alpha value is -3.88. The Morgan fingerprint density at radius 3 is 1.12 bits per heavy atom. The summed E-state index contributed by atoms with van der Waals surface area (Å²) in [6.07, 6.45) is 9.64. The first-order chi connectivity index (χ1) is 20.5. The molecule has 4 amide bonds.